The Kier molecular flexibility index (Phi) is 4.07. The molecule has 1 aliphatic heterocycles. The van der Waals surface area contributed by atoms with Gasteiger partial charge in [-0.1, -0.05) is 30.7 Å². The zero-order valence-electron chi connectivity index (χ0n) is 12.5. The van der Waals surface area contributed by atoms with Gasteiger partial charge in [0.2, 0.25) is 0 Å². The highest BCUT2D eigenvalue weighted by molar-refractivity contribution is 6.30. The van der Waals surface area contributed by atoms with E-state index >= 15 is 0 Å². The molecule has 2 atom stereocenters. The Labute approximate surface area is 127 Å². The van der Waals surface area contributed by atoms with Crippen molar-refractivity contribution in [2.45, 2.75) is 51.2 Å². The van der Waals surface area contributed by atoms with Crippen LogP contribution >= 0.6 is 11.6 Å². The van der Waals surface area contributed by atoms with Gasteiger partial charge in [-0.15, -0.1) is 0 Å². The number of nitrogens with one attached hydrogen (secondary N) is 1. The minimum absolute atomic E-state index is 0.262. The maximum atomic E-state index is 5.99. The van der Waals surface area contributed by atoms with Crippen LogP contribution in [0.1, 0.15) is 38.7 Å². The van der Waals surface area contributed by atoms with E-state index in [-0.39, 0.29) is 5.54 Å². The largest absolute Gasteiger partial charge is 0.309 e. The highest BCUT2D eigenvalue weighted by Crippen LogP contribution is 2.38. The number of benzene rings is 1. The molecule has 2 fully saturated rings. The van der Waals surface area contributed by atoms with Gasteiger partial charge >= 0.3 is 0 Å². The van der Waals surface area contributed by atoms with Crippen LogP contribution in [-0.4, -0.2) is 29.6 Å². The summed E-state index contributed by atoms with van der Waals surface area (Å²) in [6.07, 6.45) is 4.00. The summed E-state index contributed by atoms with van der Waals surface area (Å²) in [5, 5.41) is 4.60. The van der Waals surface area contributed by atoms with Crippen LogP contribution < -0.4 is 5.32 Å². The number of piperazine rings is 1. The van der Waals surface area contributed by atoms with Gasteiger partial charge in [-0.2, -0.15) is 0 Å². The molecular weight excluding hydrogens is 268 g/mol. The van der Waals surface area contributed by atoms with Gasteiger partial charge in [0, 0.05) is 36.2 Å². The molecule has 1 saturated heterocycles. The highest BCUT2D eigenvalue weighted by atomic mass is 35.5. The Balaban J connectivity index is 1.73. The molecule has 2 aliphatic rings. The van der Waals surface area contributed by atoms with Crippen LogP contribution in [0.3, 0.4) is 0 Å². The smallest absolute Gasteiger partial charge is 0.0406 e. The third kappa shape index (κ3) is 3.19. The van der Waals surface area contributed by atoms with Crippen LogP contribution in [0.4, 0.5) is 0 Å². The van der Waals surface area contributed by atoms with Crippen LogP contribution in [0.5, 0.6) is 0 Å². The van der Waals surface area contributed by atoms with Crippen molar-refractivity contribution in [2.75, 3.05) is 13.1 Å². The normalized spacial score (nSPS) is 31.4. The lowest BCUT2D eigenvalue weighted by atomic mass is 9.91. The number of hydrogen-bond acceptors (Lipinski definition) is 2. The van der Waals surface area contributed by atoms with Gasteiger partial charge in [-0.3, -0.25) is 4.90 Å². The molecule has 0 bridgehead atoms. The van der Waals surface area contributed by atoms with Crippen LogP contribution in [0.25, 0.3) is 0 Å². The zero-order chi connectivity index (χ0) is 14.2. The Morgan fingerprint density at radius 1 is 1.30 bits per heavy atom. The monoisotopic (exact) mass is 292 g/mol. The number of halogens is 1. The fourth-order valence-electron chi connectivity index (χ4n) is 3.28. The summed E-state index contributed by atoms with van der Waals surface area (Å²) in [5.41, 5.74) is 1.64. The Morgan fingerprint density at radius 2 is 2.00 bits per heavy atom. The maximum Gasteiger partial charge on any atom is 0.0406 e. The van der Waals surface area contributed by atoms with Crippen molar-refractivity contribution >= 4 is 11.6 Å². The van der Waals surface area contributed by atoms with E-state index in [4.69, 9.17) is 11.6 Å². The van der Waals surface area contributed by atoms with Gasteiger partial charge in [0.05, 0.1) is 0 Å². The van der Waals surface area contributed by atoms with E-state index < -0.39 is 0 Å². The molecule has 3 rings (SSSR count). The zero-order valence-corrected chi connectivity index (χ0v) is 13.3. The molecule has 2 unspecified atom stereocenters. The Morgan fingerprint density at radius 3 is 2.60 bits per heavy atom. The Hall–Kier alpha value is -0.570. The van der Waals surface area contributed by atoms with Crippen molar-refractivity contribution in [1.29, 1.82) is 0 Å². The van der Waals surface area contributed by atoms with Crippen molar-refractivity contribution in [3.8, 4) is 0 Å². The third-order valence-corrected chi connectivity index (χ3v) is 5.26. The first-order chi connectivity index (χ1) is 9.59. The van der Waals surface area contributed by atoms with Crippen LogP contribution in [0.2, 0.25) is 5.02 Å². The second kappa shape index (κ2) is 5.67. The van der Waals surface area contributed by atoms with E-state index in [0.29, 0.717) is 6.04 Å². The first-order valence-electron chi connectivity index (χ1n) is 7.83. The van der Waals surface area contributed by atoms with E-state index in [1.807, 2.05) is 12.1 Å². The van der Waals surface area contributed by atoms with Crippen molar-refractivity contribution in [3.63, 3.8) is 0 Å². The molecule has 0 radical (unpaired) electrons. The number of rotatable bonds is 4. The summed E-state index contributed by atoms with van der Waals surface area (Å²) in [4.78, 5) is 2.70. The summed E-state index contributed by atoms with van der Waals surface area (Å²) < 4.78 is 0. The standard InChI is InChI=1S/C17H25ClN2/c1-3-17(2)12-20(16(10-19-17)14-6-7-14)11-13-4-8-15(18)9-5-13/h4-5,8-9,14,16,19H,3,6-7,10-12H2,1-2H3. The molecule has 1 aromatic carbocycles. The van der Waals surface area contributed by atoms with E-state index in [2.05, 4.69) is 36.2 Å². The quantitative estimate of drug-likeness (QED) is 0.910. The molecular formula is C17H25ClN2. The molecule has 1 aliphatic carbocycles. The first kappa shape index (κ1) is 14.4. The van der Waals surface area contributed by atoms with Gasteiger partial charge in [0.25, 0.3) is 0 Å². The molecule has 0 amide bonds. The van der Waals surface area contributed by atoms with Crippen molar-refractivity contribution < 1.29 is 0 Å². The highest BCUT2D eigenvalue weighted by Gasteiger charge is 2.41. The van der Waals surface area contributed by atoms with Crippen LogP contribution in [0.15, 0.2) is 24.3 Å². The SMILES string of the molecule is CCC1(C)CN(Cc2ccc(Cl)cc2)C(C2CC2)CN1. The molecule has 1 aromatic rings. The van der Waals surface area contributed by atoms with E-state index in [0.717, 1.165) is 30.6 Å². The first-order valence-corrected chi connectivity index (χ1v) is 8.21. The van der Waals surface area contributed by atoms with E-state index in [1.54, 1.807) is 0 Å². The molecule has 1 N–H and O–H groups in total. The van der Waals surface area contributed by atoms with Gasteiger partial charge < -0.3 is 5.32 Å². The minimum atomic E-state index is 0.262. The molecule has 1 saturated carbocycles. The maximum absolute atomic E-state index is 5.99. The summed E-state index contributed by atoms with van der Waals surface area (Å²) in [7, 11) is 0. The summed E-state index contributed by atoms with van der Waals surface area (Å²) >= 11 is 5.99. The van der Waals surface area contributed by atoms with Crippen LogP contribution in [-0.2, 0) is 6.54 Å². The second-order valence-electron chi connectivity index (χ2n) is 6.73. The summed E-state index contributed by atoms with van der Waals surface area (Å²) in [5.74, 6) is 0.913. The lowest BCUT2D eigenvalue weighted by molar-refractivity contribution is 0.0662. The van der Waals surface area contributed by atoms with Crippen LogP contribution in [0, 0.1) is 5.92 Å². The topological polar surface area (TPSA) is 15.3 Å². The molecule has 2 nitrogen and oxygen atoms in total. The molecule has 110 valence electrons. The number of nitrogens with zero attached hydrogens (tertiary/aromatic N) is 1. The van der Waals surface area contributed by atoms with E-state index in [1.165, 1.54) is 24.8 Å². The second-order valence-corrected chi connectivity index (χ2v) is 7.17. The average Bonchev–Trinajstić information content (AvgIpc) is 3.26. The van der Waals surface area contributed by atoms with Gasteiger partial charge in [0.1, 0.15) is 0 Å². The number of hydrogen-bond donors (Lipinski definition) is 1. The van der Waals surface area contributed by atoms with Crippen molar-refractivity contribution in [1.82, 2.24) is 10.2 Å². The van der Waals surface area contributed by atoms with Crippen molar-refractivity contribution in [2.24, 2.45) is 5.92 Å². The fraction of sp³-hybridized carbons (Fsp3) is 0.647. The molecule has 0 aromatic heterocycles. The van der Waals surface area contributed by atoms with Gasteiger partial charge in [-0.25, -0.2) is 0 Å². The molecule has 1 heterocycles. The lowest BCUT2D eigenvalue weighted by Crippen LogP contribution is -2.62. The van der Waals surface area contributed by atoms with E-state index in [9.17, 15) is 0 Å². The minimum Gasteiger partial charge on any atom is -0.309 e. The lowest BCUT2D eigenvalue weighted by Gasteiger charge is -2.46. The summed E-state index contributed by atoms with van der Waals surface area (Å²) in [6.45, 7) is 7.97. The average molecular weight is 293 g/mol. The molecule has 20 heavy (non-hydrogen) atoms. The predicted molar refractivity (Wildman–Crippen MR) is 85.1 cm³/mol. The van der Waals surface area contributed by atoms with Gasteiger partial charge in [0.15, 0.2) is 0 Å². The van der Waals surface area contributed by atoms with Gasteiger partial charge in [-0.05, 0) is 49.8 Å². The fourth-order valence-corrected chi connectivity index (χ4v) is 3.41. The predicted octanol–water partition coefficient (Wildman–Crippen LogP) is 3.69. The molecule has 0 spiro atoms. The third-order valence-electron chi connectivity index (χ3n) is 5.00. The van der Waals surface area contributed by atoms with Crippen molar-refractivity contribution in [3.05, 3.63) is 34.9 Å². The Bertz CT molecular complexity index is 455. The molecule has 3 heteroatoms. The summed E-state index contributed by atoms with van der Waals surface area (Å²) in [6, 6.07) is 9.05.